The van der Waals surface area contributed by atoms with Gasteiger partial charge in [-0.05, 0) is 50.3 Å². The first-order valence-corrected chi connectivity index (χ1v) is 7.78. The number of aryl methyl sites for hydroxylation is 3. The number of rotatable bonds is 5. The second kappa shape index (κ2) is 5.91. The number of amides is 1. The summed E-state index contributed by atoms with van der Waals surface area (Å²) in [6, 6.07) is 3.52. The third kappa shape index (κ3) is 3.03. The van der Waals surface area contributed by atoms with E-state index in [2.05, 4.69) is 15.3 Å². The lowest BCUT2D eigenvalue weighted by Crippen LogP contribution is -2.31. The fraction of sp³-hybridized carbons (Fsp3) is 0.471. The minimum Gasteiger partial charge on any atom is -0.456 e. The molecule has 1 aliphatic rings. The number of hydrogen-bond acceptors (Lipinski definition) is 4. The number of nitrogens with zero attached hydrogens (tertiary/aromatic N) is 2. The van der Waals surface area contributed by atoms with Crippen LogP contribution in [0.1, 0.15) is 59.2 Å². The summed E-state index contributed by atoms with van der Waals surface area (Å²) in [6.45, 7) is 5.91. The summed E-state index contributed by atoms with van der Waals surface area (Å²) >= 11 is 0. The quantitative estimate of drug-likeness (QED) is 0.921. The molecule has 1 amide bonds. The maximum atomic E-state index is 12.5. The van der Waals surface area contributed by atoms with Crippen molar-refractivity contribution in [2.45, 2.75) is 46.1 Å². The van der Waals surface area contributed by atoms with E-state index in [0.29, 0.717) is 17.5 Å². The largest absolute Gasteiger partial charge is 0.456 e. The summed E-state index contributed by atoms with van der Waals surface area (Å²) < 4.78 is 5.63. The Morgan fingerprint density at radius 2 is 2.23 bits per heavy atom. The van der Waals surface area contributed by atoms with E-state index in [4.69, 9.17) is 4.42 Å². The molecule has 2 heterocycles. The van der Waals surface area contributed by atoms with Gasteiger partial charge in [-0.15, -0.1) is 0 Å². The summed E-state index contributed by atoms with van der Waals surface area (Å²) in [7, 11) is 0. The van der Waals surface area contributed by atoms with Crippen molar-refractivity contribution in [1.82, 2.24) is 15.3 Å². The number of hydrogen-bond donors (Lipinski definition) is 1. The molecule has 0 radical (unpaired) electrons. The number of carbonyl (C=O) groups is 1. The number of nitrogens with one attached hydrogen (secondary N) is 1. The first-order chi connectivity index (χ1) is 10.6. The average Bonchev–Trinajstić information content (AvgIpc) is 3.26. The molecule has 1 aliphatic carbocycles. The molecule has 3 rings (SSSR count). The van der Waals surface area contributed by atoms with Gasteiger partial charge in [-0.3, -0.25) is 4.79 Å². The minimum atomic E-state index is -0.190. The molecule has 5 nitrogen and oxygen atoms in total. The van der Waals surface area contributed by atoms with Crippen molar-refractivity contribution >= 4 is 5.91 Å². The molecule has 1 atom stereocenters. The van der Waals surface area contributed by atoms with Crippen molar-refractivity contribution in [3.63, 3.8) is 0 Å². The fourth-order valence-electron chi connectivity index (χ4n) is 2.64. The maximum Gasteiger partial charge on any atom is 0.287 e. The molecule has 0 spiro atoms. The van der Waals surface area contributed by atoms with Crippen molar-refractivity contribution in [3.05, 3.63) is 46.9 Å². The Bertz CT molecular complexity index is 689. The Balaban J connectivity index is 1.80. The predicted molar refractivity (Wildman–Crippen MR) is 82.5 cm³/mol. The second-order valence-electron chi connectivity index (χ2n) is 5.92. The van der Waals surface area contributed by atoms with Crippen LogP contribution in [0.3, 0.4) is 0 Å². The van der Waals surface area contributed by atoms with E-state index in [1.54, 1.807) is 12.3 Å². The first kappa shape index (κ1) is 14.8. The minimum absolute atomic E-state index is 0.136. The topological polar surface area (TPSA) is 68.0 Å². The lowest BCUT2D eigenvalue weighted by molar-refractivity contribution is 0.0899. The van der Waals surface area contributed by atoms with Gasteiger partial charge in [0.15, 0.2) is 11.6 Å². The van der Waals surface area contributed by atoms with Crippen molar-refractivity contribution in [2.75, 3.05) is 0 Å². The Morgan fingerprint density at radius 3 is 2.82 bits per heavy atom. The van der Waals surface area contributed by atoms with Gasteiger partial charge < -0.3 is 9.73 Å². The van der Waals surface area contributed by atoms with Crippen LogP contribution < -0.4 is 5.32 Å². The summed E-state index contributed by atoms with van der Waals surface area (Å²) in [5.74, 6) is 2.15. The van der Waals surface area contributed by atoms with E-state index in [9.17, 15) is 4.79 Å². The Labute approximate surface area is 130 Å². The van der Waals surface area contributed by atoms with Crippen LogP contribution in [-0.2, 0) is 6.42 Å². The predicted octanol–water partition coefficient (Wildman–Crippen LogP) is 3.13. The molecule has 22 heavy (non-hydrogen) atoms. The second-order valence-corrected chi connectivity index (χ2v) is 5.92. The molecule has 1 N–H and O–H groups in total. The van der Waals surface area contributed by atoms with Crippen molar-refractivity contribution in [1.29, 1.82) is 0 Å². The molecule has 2 aromatic heterocycles. The highest BCUT2D eigenvalue weighted by atomic mass is 16.4. The van der Waals surface area contributed by atoms with Gasteiger partial charge in [-0.1, -0.05) is 6.92 Å². The van der Waals surface area contributed by atoms with Crippen LogP contribution in [-0.4, -0.2) is 15.9 Å². The molecule has 0 aromatic carbocycles. The molecule has 1 fully saturated rings. The highest BCUT2D eigenvalue weighted by Crippen LogP contribution is 2.40. The van der Waals surface area contributed by atoms with Gasteiger partial charge in [0.1, 0.15) is 5.76 Å². The summed E-state index contributed by atoms with van der Waals surface area (Å²) in [5, 5.41) is 3.05. The van der Waals surface area contributed by atoms with Gasteiger partial charge in [0.05, 0.1) is 6.04 Å². The number of furan rings is 1. The van der Waals surface area contributed by atoms with Gasteiger partial charge in [0.25, 0.3) is 5.91 Å². The number of aromatic nitrogens is 2. The zero-order valence-corrected chi connectivity index (χ0v) is 13.2. The summed E-state index contributed by atoms with van der Waals surface area (Å²) in [6.07, 6.45) is 4.72. The first-order valence-electron chi connectivity index (χ1n) is 7.78. The third-order valence-corrected chi connectivity index (χ3v) is 4.04. The highest BCUT2D eigenvalue weighted by Gasteiger charge is 2.36. The van der Waals surface area contributed by atoms with Crippen LogP contribution in [0.4, 0.5) is 0 Å². The van der Waals surface area contributed by atoms with Gasteiger partial charge in [0, 0.05) is 18.3 Å². The van der Waals surface area contributed by atoms with E-state index in [1.807, 2.05) is 26.8 Å². The molecule has 116 valence electrons. The number of carbonyl (C=O) groups excluding carboxylic acids is 1. The standard InChI is InChI=1S/C17H21N3O2/c1-4-13-10(2)9-14(22-13)17(21)20-15(12-5-6-12)16-18-8-7-11(3)19-16/h7-9,12,15H,4-6H2,1-3H3,(H,20,21). The van der Waals surface area contributed by atoms with Crippen LogP contribution in [0.25, 0.3) is 0 Å². The Hall–Kier alpha value is -2.17. The zero-order valence-electron chi connectivity index (χ0n) is 13.2. The molecule has 0 aliphatic heterocycles. The maximum absolute atomic E-state index is 12.5. The summed E-state index contributed by atoms with van der Waals surface area (Å²) in [5.41, 5.74) is 1.93. The van der Waals surface area contributed by atoms with Crippen LogP contribution in [0.5, 0.6) is 0 Å². The van der Waals surface area contributed by atoms with Crippen LogP contribution >= 0.6 is 0 Å². The van der Waals surface area contributed by atoms with Crippen LogP contribution in [0.2, 0.25) is 0 Å². The smallest absolute Gasteiger partial charge is 0.287 e. The highest BCUT2D eigenvalue weighted by molar-refractivity contribution is 5.92. The van der Waals surface area contributed by atoms with Gasteiger partial charge in [-0.2, -0.15) is 0 Å². The molecular weight excluding hydrogens is 278 g/mol. The molecule has 0 saturated heterocycles. The molecular formula is C17H21N3O2. The third-order valence-electron chi connectivity index (χ3n) is 4.04. The van der Waals surface area contributed by atoms with Crippen LogP contribution in [0, 0.1) is 19.8 Å². The average molecular weight is 299 g/mol. The van der Waals surface area contributed by atoms with Gasteiger partial charge in [0.2, 0.25) is 0 Å². The van der Waals surface area contributed by atoms with Crippen molar-refractivity contribution < 1.29 is 9.21 Å². The van der Waals surface area contributed by atoms with Crippen molar-refractivity contribution in [3.8, 4) is 0 Å². The normalized spacial score (nSPS) is 15.6. The van der Waals surface area contributed by atoms with Gasteiger partial charge in [-0.25, -0.2) is 9.97 Å². The molecule has 0 bridgehead atoms. The SMILES string of the molecule is CCc1oc(C(=O)NC(c2nccc(C)n2)C2CC2)cc1C. The fourth-order valence-corrected chi connectivity index (χ4v) is 2.64. The van der Waals surface area contributed by atoms with E-state index in [1.165, 1.54) is 0 Å². The molecule has 2 aromatic rings. The van der Waals surface area contributed by atoms with E-state index in [-0.39, 0.29) is 11.9 Å². The lowest BCUT2D eigenvalue weighted by atomic mass is 10.1. The Morgan fingerprint density at radius 1 is 1.45 bits per heavy atom. The monoisotopic (exact) mass is 299 g/mol. The molecule has 1 unspecified atom stereocenters. The molecule has 5 heteroatoms. The van der Waals surface area contributed by atoms with Gasteiger partial charge >= 0.3 is 0 Å². The summed E-state index contributed by atoms with van der Waals surface area (Å²) in [4.78, 5) is 21.3. The van der Waals surface area contributed by atoms with E-state index in [0.717, 1.165) is 36.3 Å². The molecule has 1 saturated carbocycles. The van der Waals surface area contributed by atoms with E-state index >= 15 is 0 Å². The Kier molecular flexibility index (Phi) is 3.96. The van der Waals surface area contributed by atoms with Crippen molar-refractivity contribution in [2.24, 2.45) is 5.92 Å². The lowest BCUT2D eigenvalue weighted by Gasteiger charge is -2.16. The van der Waals surface area contributed by atoms with Crippen LogP contribution in [0.15, 0.2) is 22.7 Å². The zero-order chi connectivity index (χ0) is 15.7. The van der Waals surface area contributed by atoms with E-state index < -0.39 is 0 Å².